The van der Waals surface area contributed by atoms with Gasteiger partial charge in [0.15, 0.2) is 0 Å². The summed E-state index contributed by atoms with van der Waals surface area (Å²) in [6.45, 7) is 3.56. The SMILES string of the molecule is CCCCCCCCCCCCCCCCCCNC(=O)N1CCCCCC1=O. The molecule has 0 aromatic rings. The average Bonchev–Trinajstić information content (AvgIpc) is 2.94. The Morgan fingerprint density at radius 3 is 1.72 bits per heavy atom. The summed E-state index contributed by atoms with van der Waals surface area (Å²) in [5.74, 6) is -0.00743. The van der Waals surface area contributed by atoms with E-state index in [0.717, 1.165) is 25.7 Å². The number of hydrogen-bond acceptors (Lipinski definition) is 2. The van der Waals surface area contributed by atoms with Crippen LogP contribution < -0.4 is 5.32 Å². The number of carbonyl (C=O) groups excluding carboxylic acids is 2. The summed E-state index contributed by atoms with van der Waals surface area (Å²) in [5, 5.41) is 2.93. The Labute approximate surface area is 180 Å². The van der Waals surface area contributed by atoms with Gasteiger partial charge in [-0.05, 0) is 19.3 Å². The maximum absolute atomic E-state index is 12.1. The van der Waals surface area contributed by atoms with Crippen molar-refractivity contribution in [3.8, 4) is 0 Å². The van der Waals surface area contributed by atoms with Gasteiger partial charge in [-0.1, -0.05) is 110 Å². The number of unbranched alkanes of at least 4 members (excludes halogenated alkanes) is 15. The fourth-order valence-corrected chi connectivity index (χ4v) is 4.16. The molecule has 1 aliphatic rings. The molecule has 1 fully saturated rings. The Kier molecular flexibility index (Phi) is 17.0. The van der Waals surface area contributed by atoms with Crippen LogP contribution in [0.3, 0.4) is 0 Å². The molecule has 1 rings (SSSR count). The van der Waals surface area contributed by atoms with Crippen LogP contribution in [-0.2, 0) is 4.79 Å². The topological polar surface area (TPSA) is 49.4 Å². The molecule has 1 N–H and O–H groups in total. The lowest BCUT2D eigenvalue weighted by Gasteiger charge is -2.18. The zero-order valence-corrected chi connectivity index (χ0v) is 19.3. The molecule has 0 aromatic heterocycles. The molecular weight excluding hydrogens is 360 g/mol. The standard InChI is InChI=1S/C25H48N2O2/c1-2-3-4-5-6-7-8-9-10-11-12-13-14-15-16-19-22-26-25(29)27-23-20-17-18-21-24(27)28/h2-23H2,1H3,(H,26,29). The first-order chi connectivity index (χ1) is 14.3. The van der Waals surface area contributed by atoms with Crippen molar-refractivity contribution in [3.63, 3.8) is 0 Å². The Balaban J connectivity index is 1.80. The second kappa shape index (κ2) is 18.9. The molecule has 1 heterocycles. The zero-order valence-electron chi connectivity index (χ0n) is 19.3. The van der Waals surface area contributed by atoms with Crippen molar-refractivity contribution in [1.29, 1.82) is 0 Å². The van der Waals surface area contributed by atoms with Crippen molar-refractivity contribution < 1.29 is 9.59 Å². The maximum atomic E-state index is 12.1. The number of likely N-dealkylation sites (tertiary alicyclic amines) is 1. The van der Waals surface area contributed by atoms with Gasteiger partial charge in [-0.25, -0.2) is 4.79 Å². The van der Waals surface area contributed by atoms with Crippen LogP contribution in [0.1, 0.15) is 135 Å². The average molecular weight is 409 g/mol. The highest BCUT2D eigenvalue weighted by Gasteiger charge is 2.22. The fraction of sp³-hybridized carbons (Fsp3) is 0.920. The minimum Gasteiger partial charge on any atom is -0.338 e. The van der Waals surface area contributed by atoms with Crippen molar-refractivity contribution in [2.75, 3.05) is 13.1 Å². The van der Waals surface area contributed by atoms with Gasteiger partial charge in [-0.15, -0.1) is 0 Å². The van der Waals surface area contributed by atoms with Crippen LogP contribution >= 0.6 is 0 Å². The van der Waals surface area contributed by atoms with E-state index in [-0.39, 0.29) is 11.9 Å². The summed E-state index contributed by atoms with van der Waals surface area (Å²) in [5.41, 5.74) is 0. The third-order valence-electron chi connectivity index (χ3n) is 6.13. The van der Waals surface area contributed by atoms with Crippen molar-refractivity contribution in [3.05, 3.63) is 0 Å². The van der Waals surface area contributed by atoms with Crippen LogP contribution in [0.15, 0.2) is 0 Å². The van der Waals surface area contributed by atoms with E-state index >= 15 is 0 Å². The molecule has 0 bridgehead atoms. The van der Waals surface area contributed by atoms with Gasteiger partial charge in [0.2, 0.25) is 5.91 Å². The molecule has 1 aliphatic heterocycles. The summed E-state index contributed by atoms with van der Waals surface area (Å²) >= 11 is 0. The number of nitrogens with zero attached hydrogens (tertiary/aromatic N) is 1. The van der Waals surface area contributed by atoms with E-state index in [0.29, 0.717) is 19.5 Å². The second-order valence-corrected chi connectivity index (χ2v) is 8.89. The molecule has 1 saturated heterocycles. The normalized spacial score (nSPS) is 14.8. The lowest BCUT2D eigenvalue weighted by molar-refractivity contribution is -0.127. The fourth-order valence-electron chi connectivity index (χ4n) is 4.16. The van der Waals surface area contributed by atoms with E-state index in [1.807, 2.05) is 0 Å². The van der Waals surface area contributed by atoms with Gasteiger partial charge < -0.3 is 5.32 Å². The van der Waals surface area contributed by atoms with Crippen molar-refractivity contribution in [2.24, 2.45) is 0 Å². The van der Waals surface area contributed by atoms with Gasteiger partial charge in [0, 0.05) is 19.5 Å². The maximum Gasteiger partial charge on any atom is 0.324 e. The smallest absolute Gasteiger partial charge is 0.324 e. The van der Waals surface area contributed by atoms with Crippen LogP contribution in [-0.4, -0.2) is 29.9 Å². The molecule has 0 atom stereocenters. The number of imide groups is 1. The van der Waals surface area contributed by atoms with Crippen LogP contribution in [0.5, 0.6) is 0 Å². The van der Waals surface area contributed by atoms with Crippen LogP contribution in [0, 0.1) is 0 Å². The van der Waals surface area contributed by atoms with Crippen molar-refractivity contribution >= 4 is 11.9 Å². The molecule has 0 aliphatic carbocycles. The number of urea groups is 1. The first kappa shape index (κ1) is 26.0. The van der Waals surface area contributed by atoms with E-state index < -0.39 is 0 Å². The molecule has 4 nitrogen and oxygen atoms in total. The molecule has 29 heavy (non-hydrogen) atoms. The molecular formula is C25H48N2O2. The monoisotopic (exact) mass is 408 g/mol. The Bertz CT molecular complexity index is 412. The summed E-state index contributed by atoms with van der Waals surface area (Å²) in [4.78, 5) is 25.4. The lowest BCUT2D eigenvalue weighted by atomic mass is 10.0. The molecule has 0 aromatic carbocycles. The zero-order chi connectivity index (χ0) is 21.0. The van der Waals surface area contributed by atoms with Crippen LogP contribution in [0.2, 0.25) is 0 Å². The Morgan fingerprint density at radius 1 is 0.724 bits per heavy atom. The second-order valence-electron chi connectivity index (χ2n) is 8.89. The quantitative estimate of drug-likeness (QED) is 0.256. The van der Waals surface area contributed by atoms with E-state index in [1.54, 1.807) is 0 Å². The summed E-state index contributed by atoms with van der Waals surface area (Å²) in [6, 6.07) is -0.183. The van der Waals surface area contributed by atoms with Gasteiger partial charge in [0.25, 0.3) is 0 Å². The van der Waals surface area contributed by atoms with Crippen LogP contribution in [0.25, 0.3) is 0 Å². The van der Waals surface area contributed by atoms with Crippen molar-refractivity contribution in [1.82, 2.24) is 10.2 Å². The minimum absolute atomic E-state index is 0.00743. The molecule has 3 amide bonds. The predicted molar refractivity (Wildman–Crippen MR) is 123 cm³/mol. The minimum atomic E-state index is -0.183. The van der Waals surface area contributed by atoms with Crippen molar-refractivity contribution in [2.45, 2.75) is 135 Å². The number of amides is 3. The number of nitrogens with one attached hydrogen (secondary N) is 1. The summed E-state index contributed by atoms with van der Waals surface area (Å²) in [6.07, 6.45) is 25.1. The molecule has 0 spiro atoms. The molecule has 0 radical (unpaired) electrons. The highest BCUT2D eigenvalue weighted by Crippen LogP contribution is 2.14. The lowest BCUT2D eigenvalue weighted by Crippen LogP contribution is -2.43. The predicted octanol–water partition coefficient (Wildman–Crippen LogP) is 7.36. The third kappa shape index (κ3) is 14.5. The number of rotatable bonds is 17. The molecule has 4 heteroatoms. The first-order valence-corrected chi connectivity index (χ1v) is 12.8. The largest absolute Gasteiger partial charge is 0.338 e. The Hall–Kier alpha value is -1.06. The summed E-state index contributed by atoms with van der Waals surface area (Å²) < 4.78 is 0. The van der Waals surface area contributed by atoms with E-state index in [9.17, 15) is 9.59 Å². The number of hydrogen-bond donors (Lipinski definition) is 1. The highest BCUT2D eigenvalue weighted by molar-refractivity contribution is 5.94. The molecule has 0 saturated carbocycles. The van der Waals surface area contributed by atoms with E-state index in [2.05, 4.69) is 12.2 Å². The van der Waals surface area contributed by atoms with Gasteiger partial charge in [0.05, 0.1) is 0 Å². The van der Waals surface area contributed by atoms with Gasteiger partial charge in [-0.2, -0.15) is 0 Å². The number of carbonyl (C=O) groups is 2. The van der Waals surface area contributed by atoms with Gasteiger partial charge in [-0.3, -0.25) is 9.69 Å². The Morgan fingerprint density at radius 2 is 1.21 bits per heavy atom. The van der Waals surface area contributed by atoms with Gasteiger partial charge >= 0.3 is 6.03 Å². The van der Waals surface area contributed by atoms with E-state index in [1.165, 1.54) is 101 Å². The van der Waals surface area contributed by atoms with Crippen LogP contribution in [0.4, 0.5) is 4.79 Å². The highest BCUT2D eigenvalue weighted by atomic mass is 16.2. The van der Waals surface area contributed by atoms with Gasteiger partial charge in [0.1, 0.15) is 0 Å². The summed E-state index contributed by atoms with van der Waals surface area (Å²) in [7, 11) is 0. The first-order valence-electron chi connectivity index (χ1n) is 12.8. The molecule has 0 unspecified atom stereocenters. The van der Waals surface area contributed by atoms with E-state index in [4.69, 9.17) is 0 Å². The molecule has 170 valence electrons. The third-order valence-corrected chi connectivity index (χ3v) is 6.13.